The Morgan fingerprint density at radius 1 is 1.30 bits per heavy atom. The highest BCUT2D eigenvalue weighted by Gasteiger charge is 2.26. The molecule has 4 nitrogen and oxygen atoms in total. The summed E-state index contributed by atoms with van der Waals surface area (Å²) in [5, 5.41) is 12.5. The molecule has 2 unspecified atom stereocenters. The summed E-state index contributed by atoms with van der Waals surface area (Å²) in [6.07, 6.45) is 4.17. The van der Waals surface area contributed by atoms with Gasteiger partial charge in [-0.25, -0.2) is 0 Å². The Balaban J connectivity index is 2.13. The van der Waals surface area contributed by atoms with Crippen LogP contribution in [0.2, 0.25) is 0 Å². The molecule has 1 aromatic rings. The van der Waals surface area contributed by atoms with Crippen LogP contribution in [0.5, 0.6) is 0 Å². The highest BCUT2D eigenvalue weighted by Crippen LogP contribution is 2.25. The molecule has 0 spiro atoms. The van der Waals surface area contributed by atoms with Crippen molar-refractivity contribution in [3.05, 3.63) is 28.8 Å². The Labute approximate surface area is 120 Å². The molecule has 0 radical (unpaired) electrons. The number of nitrogens with one attached hydrogen (secondary N) is 1. The second-order valence-corrected chi connectivity index (χ2v) is 5.83. The predicted octanol–water partition coefficient (Wildman–Crippen LogP) is 2.17. The van der Waals surface area contributed by atoms with Gasteiger partial charge in [-0.1, -0.05) is 18.9 Å². The summed E-state index contributed by atoms with van der Waals surface area (Å²) < 4.78 is 0. The minimum atomic E-state index is -0.0837. The molecular formula is C16H24N2O2. The molecule has 2 rings (SSSR count). The van der Waals surface area contributed by atoms with Crippen molar-refractivity contribution in [1.82, 2.24) is 5.32 Å². The third-order valence-corrected chi connectivity index (χ3v) is 4.32. The molecule has 1 saturated carbocycles. The van der Waals surface area contributed by atoms with Gasteiger partial charge in [0.2, 0.25) is 0 Å². The van der Waals surface area contributed by atoms with Crippen molar-refractivity contribution in [2.24, 2.45) is 5.92 Å². The van der Waals surface area contributed by atoms with Crippen LogP contribution < -0.4 is 11.1 Å². The lowest BCUT2D eigenvalue weighted by Gasteiger charge is -2.31. The monoisotopic (exact) mass is 276 g/mol. The van der Waals surface area contributed by atoms with Gasteiger partial charge in [-0.15, -0.1) is 0 Å². The number of anilines is 1. The summed E-state index contributed by atoms with van der Waals surface area (Å²) in [7, 11) is 0. The van der Waals surface area contributed by atoms with Gasteiger partial charge in [-0.3, -0.25) is 4.79 Å². The number of amides is 1. The molecule has 1 fully saturated rings. The molecule has 1 aromatic carbocycles. The van der Waals surface area contributed by atoms with Crippen LogP contribution in [0.3, 0.4) is 0 Å². The van der Waals surface area contributed by atoms with E-state index >= 15 is 0 Å². The zero-order chi connectivity index (χ0) is 14.7. The van der Waals surface area contributed by atoms with Crippen LogP contribution in [0.4, 0.5) is 5.69 Å². The molecule has 1 aliphatic rings. The van der Waals surface area contributed by atoms with Gasteiger partial charge >= 0.3 is 0 Å². The second-order valence-electron chi connectivity index (χ2n) is 5.83. The fraction of sp³-hybridized carbons (Fsp3) is 0.562. The van der Waals surface area contributed by atoms with E-state index < -0.39 is 0 Å². The van der Waals surface area contributed by atoms with E-state index in [4.69, 9.17) is 5.73 Å². The minimum absolute atomic E-state index is 0.0724. The first-order valence-corrected chi connectivity index (χ1v) is 7.31. The van der Waals surface area contributed by atoms with Gasteiger partial charge < -0.3 is 16.2 Å². The molecule has 0 saturated heterocycles. The van der Waals surface area contributed by atoms with Gasteiger partial charge in [0.1, 0.15) is 0 Å². The van der Waals surface area contributed by atoms with Crippen molar-refractivity contribution < 1.29 is 9.90 Å². The summed E-state index contributed by atoms with van der Waals surface area (Å²) in [6, 6.07) is 3.76. The number of benzene rings is 1. The number of hydrogen-bond donors (Lipinski definition) is 3. The van der Waals surface area contributed by atoms with Gasteiger partial charge in [0, 0.05) is 29.8 Å². The molecule has 4 heteroatoms. The van der Waals surface area contributed by atoms with E-state index in [-0.39, 0.29) is 24.5 Å². The molecule has 0 aromatic heterocycles. The van der Waals surface area contributed by atoms with Crippen molar-refractivity contribution in [1.29, 1.82) is 0 Å². The van der Waals surface area contributed by atoms with Crippen molar-refractivity contribution in [2.75, 3.05) is 12.3 Å². The normalized spacial score (nSPS) is 22.6. The smallest absolute Gasteiger partial charge is 0.251 e. The van der Waals surface area contributed by atoms with E-state index in [2.05, 4.69) is 5.32 Å². The quantitative estimate of drug-likeness (QED) is 0.741. The van der Waals surface area contributed by atoms with Crippen LogP contribution in [0.25, 0.3) is 0 Å². The zero-order valence-electron chi connectivity index (χ0n) is 12.3. The van der Waals surface area contributed by atoms with E-state index in [1.807, 2.05) is 19.9 Å². The number of rotatable bonds is 3. The predicted molar refractivity (Wildman–Crippen MR) is 80.6 cm³/mol. The fourth-order valence-corrected chi connectivity index (χ4v) is 2.98. The molecule has 1 aliphatic carbocycles. The maximum atomic E-state index is 12.4. The lowest BCUT2D eigenvalue weighted by Crippen LogP contribution is -2.43. The molecule has 20 heavy (non-hydrogen) atoms. The number of aliphatic hydroxyl groups is 1. The highest BCUT2D eigenvalue weighted by atomic mass is 16.3. The van der Waals surface area contributed by atoms with Gasteiger partial charge in [0.15, 0.2) is 0 Å². The van der Waals surface area contributed by atoms with E-state index in [9.17, 15) is 9.90 Å². The van der Waals surface area contributed by atoms with Gasteiger partial charge in [0.05, 0.1) is 0 Å². The summed E-state index contributed by atoms with van der Waals surface area (Å²) in [4.78, 5) is 12.4. The minimum Gasteiger partial charge on any atom is -0.398 e. The fourth-order valence-electron chi connectivity index (χ4n) is 2.98. The molecule has 4 N–H and O–H groups in total. The number of aryl methyl sites for hydroxylation is 2. The Kier molecular flexibility index (Phi) is 4.65. The number of hydrogen-bond acceptors (Lipinski definition) is 3. The second kappa shape index (κ2) is 6.27. The number of carbonyl (C=O) groups excluding carboxylic acids is 1. The van der Waals surface area contributed by atoms with Crippen LogP contribution in [-0.4, -0.2) is 23.7 Å². The third-order valence-electron chi connectivity index (χ3n) is 4.32. The van der Waals surface area contributed by atoms with Crippen molar-refractivity contribution in [3.8, 4) is 0 Å². The molecule has 1 amide bonds. The largest absolute Gasteiger partial charge is 0.398 e. The molecule has 2 atom stereocenters. The Morgan fingerprint density at radius 2 is 2.00 bits per heavy atom. The van der Waals surface area contributed by atoms with E-state index in [0.29, 0.717) is 11.3 Å². The van der Waals surface area contributed by atoms with Crippen LogP contribution >= 0.6 is 0 Å². The van der Waals surface area contributed by atoms with Gasteiger partial charge in [-0.05, 0) is 43.9 Å². The average molecular weight is 276 g/mol. The van der Waals surface area contributed by atoms with Gasteiger partial charge in [0.25, 0.3) is 5.91 Å². The summed E-state index contributed by atoms with van der Waals surface area (Å²) in [5.41, 5.74) is 9.10. The standard InChI is InChI=1S/C16H24N2O2/c1-10-7-11(2)14(17)8-13(10)16(20)18-15-6-4-3-5-12(15)9-19/h7-8,12,15,19H,3-6,9,17H2,1-2H3,(H,18,20). The van der Waals surface area contributed by atoms with E-state index in [1.54, 1.807) is 6.07 Å². The summed E-state index contributed by atoms with van der Waals surface area (Å²) >= 11 is 0. The Bertz CT molecular complexity index is 499. The van der Waals surface area contributed by atoms with Crippen LogP contribution in [0.1, 0.15) is 47.2 Å². The molecule has 0 bridgehead atoms. The summed E-state index contributed by atoms with van der Waals surface area (Å²) in [6.45, 7) is 4.00. The number of nitrogens with two attached hydrogens (primary N) is 1. The Hall–Kier alpha value is -1.55. The lowest BCUT2D eigenvalue weighted by atomic mass is 9.85. The number of nitrogen functional groups attached to an aromatic ring is 1. The first-order chi connectivity index (χ1) is 9.52. The van der Waals surface area contributed by atoms with Gasteiger partial charge in [-0.2, -0.15) is 0 Å². The third kappa shape index (κ3) is 3.12. The first-order valence-electron chi connectivity index (χ1n) is 7.31. The van der Waals surface area contributed by atoms with Crippen LogP contribution in [0.15, 0.2) is 12.1 Å². The number of carbonyl (C=O) groups is 1. The summed E-state index contributed by atoms with van der Waals surface area (Å²) in [5.74, 6) is 0.0929. The van der Waals surface area contributed by atoms with Crippen molar-refractivity contribution >= 4 is 11.6 Å². The maximum absolute atomic E-state index is 12.4. The van der Waals surface area contributed by atoms with E-state index in [0.717, 1.165) is 36.8 Å². The van der Waals surface area contributed by atoms with Crippen LogP contribution in [-0.2, 0) is 0 Å². The average Bonchev–Trinajstić information content (AvgIpc) is 2.43. The topological polar surface area (TPSA) is 75.3 Å². The Morgan fingerprint density at radius 3 is 2.70 bits per heavy atom. The molecular weight excluding hydrogens is 252 g/mol. The van der Waals surface area contributed by atoms with E-state index in [1.165, 1.54) is 0 Å². The van der Waals surface area contributed by atoms with Crippen molar-refractivity contribution in [2.45, 2.75) is 45.6 Å². The van der Waals surface area contributed by atoms with Crippen molar-refractivity contribution in [3.63, 3.8) is 0 Å². The zero-order valence-corrected chi connectivity index (χ0v) is 12.3. The molecule has 110 valence electrons. The highest BCUT2D eigenvalue weighted by molar-refractivity contribution is 5.97. The number of aliphatic hydroxyl groups excluding tert-OH is 1. The molecule has 0 heterocycles. The maximum Gasteiger partial charge on any atom is 0.251 e. The SMILES string of the molecule is Cc1cc(C)c(C(=O)NC2CCCCC2CO)cc1N. The molecule has 0 aliphatic heterocycles. The first kappa shape index (κ1) is 14.9. The van der Waals surface area contributed by atoms with Crippen LogP contribution in [0, 0.1) is 19.8 Å². The lowest BCUT2D eigenvalue weighted by molar-refractivity contribution is 0.0872.